The van der Waals surface area contributed by atoms with E-state index in [1.807, 2.05) is 23.5 Å². The number of para-hydroxylation sites is 1. The van der Waals surface area contributed by atoms with Gasteiger partial charge in [0.05, 0.1) is 0 Å². The van der Waals surface area contributed by atoms with Crippen molar-refractivity contribution in [2.24, 2.45) is 9.98 Å². The topological polar surface area (TPSA) is 49.9 Å². The number of aliphatic imine (C=N–C) groups is 2. The Hall–Kier alpha value is -6.56. The lowest BCUT2D eigenvalue weighted by Crippen LogP contribution is -2.33. The molecule has 10 aromatic rings. The van der Waals surface area contributed by atoms with Gasteiger partial charge >= 0.3 is 0 Å². The second-order valence-electron chi connectivity index (χ2n) is 13.4. The lowest BCUT2D eigenvalue weighted by atomic mass is 9.96. The number of rotatable bonds is 4. The van der Waals surface area contributed by atoms with E-state index in [2.05, 4.69) is 157 Å². The van der Waals surface area contributed by atoms with E-state index < -0.39 is 0 Å². The van der Waals surface area contributed by atoms with Gasteiger partial charge in [0.1, 0.15) is 23.2 Å². The predicted molar refractivity (Wildman–Crippen MR) is 219 cm³/mol. The van der Waals surface area contributed by atoms with Gasteiger partial charge in [-0.05, 0) is 69.6 Å². The summed E-state index contributed by atoms with van der Waals surface area (Å²) >= 11 is 1.82. The number of nitrogens with one attached hydrogen (secondary N) is 1. The minimum absolute atomic E-state index is 0.371. The molecule has 2 aromatic heterocycles. The van der Waals surface area contributed by atoms with Crippen LogP contribution in [0.4, 0.5) is 0 Å². The zero-order chi connectivity index (χ0) is 34.2. The molecule has 52 heavy (non-hydrogen) atoms. The second-order valence-corrected chi connectivity index (χ2v) is 14.4. The number of fused-ring (bicyclic) bond motifs is 8. The van der Waals surface area contributed by atoms with Crippen LogP contribution in [-0.2, 0) is 0 Å². The van der Waals surface area contributed by atoms with Crippen LogP contribution in [0, 0.1) is 0 Å². The molecule has 0 saturated carbocycles. The SMILES string of the molecule is c1ccc2cc(C3=NC(c4ccc(-c5ccc6ccccc6c5)c5oc6ccccc6c45)=NC(c4cccc5sc6ccccc6c45)N3)ccc2c1. The first kappa shape index (κ1) is 29.2. The van der Waals surface area contributed by atoms with Gasteiger partial charge in [-0.2, -0.15) is 0 Å². The van der Waals surface area contributed by atoms with Crippen molar-refractivity contribution in [1.29, 1.82) is 0 Å². The van der Waals surface area contributed by atoms with Gasteiger partial charge in [-0.15, -0.1) is 11.3 Å². The molecule has 11 rings (SSSR count). The van der Waals surface area contributed by atoms with E-state index in [4.69, 9.17) is 14.4 Å². The number of hydrogen-bond donors (Lipinski definition) is 1. The molecule has 1 unspecified atom stereocenters. The van der Waals surface area contributed by atoms with E-state index >= 15 is 0 Å². The zero-order valence-corrected chi connectivity index (χ0v) is 28.7. The van der Waals surface area contributed by atoms with E-state index in [1.165, 1.54) is 41.7 Å². The molecule has 8 aromatic carbocycles. The summed E-state index contributed by atoms with van der Waals surface area (Å²) in [6.07, 6.45) is -0.371. The van der Waals surface area contributed by atoms with Crippen molar-refractivity contribution in [3.8, 4) is 11.1 Å². The highest BCUT2D eigenvalue weighted by Crippen LogP contribution is 2.42. The van der Waals surface area contributed by atoms with Crippen molar-refractivity contribution >= 4 is 86.7 Å². The maximum atomic E-state index is 6.73. The molecule has 0 aliphatic carbocycles. The summed E-state index contributed by atoms with van der Waals surface area (Å²) in [5.74, 6) is 1.46. The van der Waals surface area contributed by atoms with Crippen LogP contribution in [-0.4, -0.2) is 11.7 Å². The van der Waals surface area contributed by atoms with E-state index in [9.17, 15) is 0 Å². The predicted octanol–water partition coefficient (Wildman–Crippen LogP) is 12.4. The van der Waals surface area contributed by atoms with Crippen molar-refractivity contribution < 1.29 is 4.42 Å². The Balaban J connectivity index is 1.16. The van der Waals surface area contributed by atoms with Gasteiger partial charge < -0.3 is 9.73 Å². The Labute approximate surface area is 303 Å². The molecule has 1 aliphatic heterocycles. The average molecular weight is 684 g/mol. The molecule has 4 nitrogen and oxygen atoms in total. The minimum atomic E-state index is -0.371. The molecular formula is C47H29N3OS. The number of nitrogens with zero attached hydrogens (tertiary/aromatic N) is 2. The van der Waals surface area contributed by atoms with Crippen LogP contribution < -0.4 is 5.32 Å². The molecule has 3 heterocycles. The quantitative estimate of drug-likeness (QED) is 0.201. The third-order valence-corrected chi connectivity index (χ3v) is 11.5. The second kappa shape index (κ2) is 11.5. The van der Waals surface area contributed by atoms with Crippen LogP contribution in [0.25, 0.3) is 74.8 Å². The fraction of sp³-hybridized carbons (Fsp3) is 0.0213. The molecule has 1 atom stereocenters. The monoisotopic (exact) mass is 683 g/mol. The standard InChI is InChI=1S/C47H29N3OS/c1-3-12-30-26-32(22-20-28(30)10-1)34-24-25-38(43-35-14-5-7-17-39(35)51-44(34)43)47-49-45(33-23-21-29-11-2-4-13-31(29)27-33)48-46(50-47)37-16-9-19-41-42(37)36-15-6-8-18-40(36)52-41/h1-27,46H,(H,48,49,50). The molecule has 0 amide bonds. The first-order valence-electron chi connectivity index (χ1n) is 17.5. The van der Waals surface area contributed by atoms with Crippen molar-refractivity contribution in [3.05, 3.63) is 180 Å². The fourth-order valence-corrected chi connectivity index (χ4v) is 8.98. The van der Waals surface area contributed by atoms with Crippen LogP contribution >= 0.6 is 11.3 Å². The molecule has 0 bridgehead atoms. The van der Waals surface area contributed by atoms with E-state index in [0.717, 1.165) is 55.6 Å². The average Bonchev–Trinajstić information content (AvgIpc) is 3.79. The number of furan rings is 1. The molecule has 0 fully saturated rings. The lowest BCUT2D eigenvalue weighted by molar-refractivity contribution is 0.669. The van der Waals surface area contributed by atoms with Crippen LogP contribution in [0.1, 0.15) is 22.9 Å². The minimum Gasteiger partial charge on any atom is -0.455 e. The number of benzene rings is 8. The summed E-state index contributed by atoms with van der Waals surface area (Å²) in [5, 5.41) is 13.1. The highest BCUT2D eigenvalue weighted by atomic mass is 32.1. The molecule has 0 radical (unpaired) electrons. The summed E-state index contributed by atoms with van der Waals surface area (Å²) in [4.78, 5) is 10.8. The van der Waals surface area contributed by atoms with Crippen LogP contribution in [0.15, 0.2) is 178 Å². The maximum Gasteiger partial charge on any atom is 0.160 e. The molecular weight excluding hydrogens is 655 g/mol. The summed E-state index contributed by atoms with van der Waals surface area (Å²) in [6.45, 7) is 0. The molecule has 0 spiro atoms. The molecule has 0 saturated heterocycles. The fourth-order valence-electron chi connectivity index (χ4n) is 7.84. The van der Waals surface area contributed by atoms with Crippen molar-refractivity contribution in [2.45, 2.75) is 6.17 Å². The van der Waals surface area contributed by atoms with Gasteiger partial charge in [-0.25, -0.2) is 9.98 Å². The maximum absolute atomic E-state index is 6.73. The van der Waals surface area contributed by atoms with Gasteiger partial charge in [0, 0.05) is 53.2 Å². The van der Waals surface area contributed by atoms with Crippen LogP contribution in [0.5, 0.6) is 0 Å². The third-order valence-electron chi connectivity index (χ3n) is 10.3. The van der Waals surface area contributed by atoms with Gasteiger partial charge in [0.2, 0.25) is 0 Å². The van der Waals surface area contributed by atoms with Crippen LogP contribution in [0.2, 0.25) is 0 Å². The van der Waals surface area contributed by atoms with Crippen molar-refractivity contribution in [2.75, 3.05) is 0 Å². The van der Waals surface area contributed by atoms with Gasteiger partial charge in [0.15, 0.2) is 5.84 Å². The number of thiophene rings is 1. The third kappa shape index (κ3) is 4.60. The highest BCUT2D eigenvalue weighted by molar-refractivity contribution is 7.25. The Kier molecular flexibility index (Phi) is 6.45. The Morgan fingerprint density at radius 1 is 0.519 bits per heavy atom. The summed E-state index contributed by atoms with van der Waals surface area (Å²) < 4.78 is 9.24. The summed E-state index contributed by atoms with van der Waals surface area (Å²) in [6, 6.07) is 57.9. The van der Waals surface area contributed by atoms with Gasteiger partial charge in [0.25, 0.3) is 0 Å². The first-order chi connectivity index (χ1) is 25.7. The highest BCUT2D eigenvalue weighted by Gasteiger charge is 2.27. The van der Waals surface area contributed by atoms with Gasteiger partial charge in [-0.3, -0.25) is 0 Å². The smallest absolute Gasteiger partial charge is 0.160 e. The van der Waals surface area contributed by atoms with Gasteiger partial charge in [-0.1, -0.05) is 121 Å². The molecule has 1 aliphatic rings. The Morgan fingerprint density at radius 3 is 2.00 bits per heavy atom. The molecule has 5 heteroatoms. The van der Waals surface area contributed by atoms with Crippen LogP contribution in [0.3, 0.4) is 0 Å². The van der Waals surface area contributed by atoms with Crippen molar-refractivity contribution in [1.82, 2.24) is 5.32 Å². The zero-order valence-electron chi connectivity index (χ0n) is 27.9. The summed E-state index contributed by atoms with van der Waals surface area (Å²) in [5.41, 5.74) is 6.90. The molecule has 244 valence electrons. The number of hydrogen-bond acceptors (Lipinski definition) is 5. The normalized spacial score (nSPS) is 14.7. The lowest BCUT2D eigenvalue weighted by Gasteiger charge is -2.25. The van der Waals surface area contributed by atoms with E-state index in [0.29, 0.717) is 5.84 Å². The van der Waals surface area contributed by atoms with E-state index in [1.54, 1.807) is 0 Å². The largest absolute Gasteiger partial charge is 0.455 e. The molecule has 1 N–H and O–H groups in total. The first-order valence-corrected chi connectivity index (χ1v) is 18.3. The van der Waals surface area contributed by atoms with E-state index in [-0.39, 0.29) is 6.17 Å². The Morgan fingerprint density at radius 2 is 1.17 bits per heavy atom. The van der Waals surface area contributed by atoms with Crippen molar-refractivity contribution in [3.63, 3.8) is 0 Å². The number of amidine groups is 2. The Bertz CT molecular complexity index is 3130. The summed E-state index contributed by atoms with van der Waals surface area (Å²) in [7, 11) is 0.